The zero-order valence-electron chi connectivity index (χ0n) is 18.4. The van der Waals surface area contributed by atoms with Crippen LogP contribution in [0.25, 0.3) is 0 Å². The van der Waals surface area contributed by atoms with E-state index in [1.807, 2.05) is 6.07 Å². The van der Waals surface area contributed by atoms with E-state index < -0.39 is 54.8 Å². The summed E-state index contributed by atoms with van der Waals surface area (Å²) in [6.45, 7) is 0.754. The number of carboxylic acid groups (broad SMARTS) is 1. The third kappa shape index (κ3) is 7.51. The smallest absolute Gasteiger partial charge is 0.325 e. The summed E-state index contributed by atoms with van der Waals surface area (Å²) in [6, 6.07) is 14.0. The van der Waals surface area contributed by atoms with Gasteiger partial charge in [0.1, 0.15) is 12.1 Å². The zero-order valence-corrected chi connectivity index (χ0v) is 18.4. The van der Waals surface area contributed by atoms with Crippen molar-refractivity contribution in [3.05, 3.63) is 71.8 Å². The van der Waals surface area contributed by atoms with Gasteiger partial charge in [-0.15, -0.1) is 0 Å². The molecule has 0 spiro atoms. The minimum absolute atomic E-state index is 0.0417. The molecule has 0 radical (unpaired) electrons. The molecule has 176 valence electrons. The molecule has 2 aromatic rings. The molecular weight excluding hydrogens is 426 g/mol. The lowest BCUT2D eigenvalue weighted by Crippen LogP contribution is -2.59. The number of aliphatic carboxylic acids is 1. The lowest BCUT2D eigenvalue weighted by Gasteiger charge is -2.32. The third-order valence-corrected chi connectivity index (χ3v) is 5.06. The molecule has 33 heavy (non-hydrogen) atoms. The van der Waals surface area contributed by atoms with Crippen molar-refractivity contribution < 1.29 is 29.4 Å². The first-order valence-electron chi connectivity index (χ1n) is 10.6. The van der Waals surface area contributed by atoms with E-state index in [1.54, 1.807) is 54.6 Å². The molecular formula is C24H29N3O6. The normalized spacial score (nSPS) is 13.4. The number of nitrogens with one attached hydrogen (secondary N) is 1. The summed E-state index contributed by atoms with van der Waals surface area (Å²) in [5, 5.41) is 20.8. The summed E-state index contributed by atoms with van der Waals surface area (Å²) < 4.78 is 0. The van der Waals surface area contributed by atoms with Gasteiger partial charge in [0.25, 0.3) is 0 Å². The van der Waals surface area contributed by atoms with Crippen LogP contribution in [-0.4, -0.2) is 63.5 Å². The average molecular weight is 456 g/mol. The van der Waals surface area contributed by atoms with Crippen LogP contribution in [0.4, 0.5) is 0 Å². The van der Waals surface area contributed by atoms with Gasteiger partial charge in [-0.05, 0) is 24.5 Å². The minimum atomic E-state index is -1.34. The van der Waals surface area contributed by atoms with Crippen LogP contribution < -0.4 is 11.1 Å². The molecule has 2 aromatic carbocycles. The predicted molar refractivity (Wildman–Crippen MR) is 121 cm³/mol. The second-order valence-corrected chi connectivity index (χ2v) is 7.65. The molecule has 9 nitrogen and oxygen atoms in total. The van der Waals surface area contributed by atoms with Crippen molar-refractivity contribution in [1.29, 1.82) is 0 Å². The van der Waals surface area contributed by atoms with Crippen LogP contribution in [0.3, 0.4) is 0 Å². The highest BCUT2D eigenvalue weighted by molar-refractivity contribution is 6.03. The molecule has 3 amide bonds. The standard InChI is InChI=1S/C24H29N3O6/c1-16(24(32)33)26-22(30)20(15-18-10-6-3-7-11-18)27(21(29)12-13-28)23(31)19(25)14-17-8-4-2-5-9-17/h2-11,16,19-20,28H,12-15,25H2,1H3,(H,26,30)(H,32,33)/t16-,19+,20-/m0/s1. The Bertz CT molecular complexity index is 951. The number of nitrogens with zero attached hydrogens (tertiary/aromatic N) is 1. The quantitative estimate of drug-likeness (QED) is 0.385. The molecule has 2 rings (SSSR count). The Morgan fingerprint density at radius 3 is 1.94 bits per heavy atom. The fourth-order valence-corrected chi connectivity index (χ4v) is 3.31. The van der Waals surface area contributed by atoms with E-state index in [-0.39, 0.29) is 12.8 Å². The van der Waals surface area contributed by atoms with Gasteiger partial charge >= 0.3 is 5.97 Å². The Hall–Kier alpha value is -3.56. The van der Waals surface area contributed by atoms with Crippen LogP contribution in [0.2, 0.25) is 0 Å². The molecule has 0 aliphatic rings. The SMILES string of the molecule is C[C@H](NC(=O)[C@H](Cc1ccccc1)N(C(=O)CCO)C(=O)[C@H](N)Cc1ccccc1)C(=O)O. The van der Waals surface area contributed by atoms with Gasteiger partial charge in [-0.1, -0.05) is 60.7 Å². The molecule has 9 heteroatoms. The summed E-state index contributed by atoms with van der Waals surface area (Å²) in [4.78, 5) is 51.3. The van der Waals surface area contributed by atoms with E-state index in [1.165, 1.54) is 6.92 Å². The van der Waals surface area contributed by atoms with E-state index in [0.29, 0.717) is 5.56 Å². The van der Waals surface area contributed by atoms with Gasteiger partial charge in [-0.2, -0.15) is 0 Å². The first-order valence-corrected chi connectivity index (χ1v) is 10.6. The fraction of sp³-hybridized carbons (Fsp3) is 0.333. The van der Waals surface area contributed by atoms with Gasteiger partial charge < -0.3 is 21.3 Å². The number of rotatable bonds is 11. The highest BCUT2D eigenvalue weighted by atomic mass is 16.4. The van der Waals surface area contributed by atoms with Gasteiger partial charge in [0, 0.05) is 6.42 Å². The van der Waals surface area contributed by atoms with E-state index in [9.17, 15) is 29.4 Å². The topological polar surface area (TPSA) is 150 Å². The first-order chi connectivity index (χ1) is 15.7. The molecule has 5 N–H and O–H groups in total. The van der Waals surface area contributed by atoms with Crippen LogP contribution >= 0.6 is 0 Å². The van der Waals surface area contributed by atoms with Crippen LogP contribution in [0.15, 0.2) is 60.7 Å². The maximum Gasteiger partial charge on any atom is 0.325 e. The summed E-state index contributed by atoms with van der Waals surface area (Å²) in [5.41, 5.74) is 7.57. The van der Waals surface area contributed by atoms with Crippen LogP contribution in [0, 0.1) is 0 Å². The van der Waals surface area contributed by atoms with Gasteiger partial charge in [0.05, 0.1) is 19.1 Å². The Morgan fingerprint density at radius 1 is 0.939 bits per heavy atom. The number of nitrogens with two attached hydrogens (primary N) is 1. The molecule has 0 aliphatic heterocycles. The summed E-state index contributed by atoms with van der Waals surface area (Å²) in [6.07, 6.45) is -0.301. The molecule has 3 atom stereocenters. The number of hydrogen-bond acceptors (Lipinski definition) is 6. The van der Waals surface area contributed by atoms with Crippen LogP contribution in [-0.2, 0) is 32.0 Å². The summed E-state index contributed by atoms with van der Waals surface area (Å²) in [7, 11) is 0. The monoisotopic (exact) mass is 455 g/mol. The second-order valence-electron chi connectivity index (χ2n) is 7.65. The average Bonchev–Trinajstić information content (AvgIpc) is 2.79. The lowest BCUT2D eigenvalue weighted by atomic mass is 10.00. The molecule has 0 saturated carbocycles. The zero-order chi connectivity index (χ0) is 24.4. The summed E-state index contributed by atoms with van der Waals surface area (Å²) >= 11 is 0. The molecule has 0 saturated heterocycles. The minimum Gasteiger partial charge on any atom is -0.480 e. The number of carbonyl (C=O) groups excluding carboxylic acids is 3. The number of amides is 3. The maximum atomic E-state index is 13.3. The van der Waals surface area contributed by atoms with Gasteiger partial charge in [0.15, 0.2) is 0 Å². The fourth-order valence-electron chi connectivity index (χ4n) is 3.31. The van der Waals surface area contributed by atoms with Gasteiger partial charge in [0.2, 0.25) is 17.7 Å². The van der Waals surface area contributed by atoms with E-state index >= 15 is 0 Å². The Labute approximate surface area is 192 Å². The number of imide groups is 1. The third-order valence-electron chi connectivity index (χ3n) is 5.06. The Morgan fingerprint density at radius 2 is 1.45 bits per heavy atom. The Kier molecular flexibility index (Phi) is 9.71. The van der Waals surface area contributed by atoms with Gasteiger partial charge in [-0.3, -0.25) is 24.1 Å². The number of hydrogen-bond donors (Lipinski definition) is 4. The highest BCUT2D eigenvalue weighted by Crippen LogP contribution is 2.15. The van der Waals surface area contributed by atoms with Crippen molar-refractivity contribution in [3.8, 4) is 0 Å². The van der Waals surface area contributed by atoms with Crippen molar-refractivity contribution in [1.82, 2.24) is 10.2 Å². The molecule has 0 aromatic heterocycles. The molecule has 0 heterocycles. The van der Waals surface area contributed by atoms with Crippen LogP contribution in [0.5, 0.6) is 0 Å². The second kappa shape index (κ2) is 12.5. The number of aliphatic hydroxyl groups is 1. The molecule has 0 bridgehead atoms. The van der Waals surface area contributed by atoms with E-state index in [4.69, 9.17) is 5.73 Å². The number of carboxylic acids is 1. The highest BCUT2D eigenvalue weighted by Gasteiger charge is 2.37. The van der Waals surface area contributed by atoms with E-state index in [0.717, 1.165) is 10.5 Å². The lowest BCUT2D eigenvalue weighted by molar-refractivity contribution is -0.153. The van der Waals surface area contributed by atoms with Crippen molar-refractivity contribution in [2.45, 2.75) is 44.3 Å². The number of carbonyl (C=O) groups is 4. The number of benzene rings is 2. The van der Waals surface area contributed by atoms with Gasteiger partial charge in [-0.25, -0.2) is 0 Å². The van der Waals surface area contributed by atoms with Crippen LogP contribution in [0.1, 0.15) is 24.5 Å². The Balaban J connectivity index is 2.40. The predicted octanol–water partition coefficient (Wildman–Crippen LogP) is 0.495. The van der Waals surface area contributed by atoms with E-state index in [2.05, 4.69) is 5.32 Å². The molecule has 0 aliphatic carbocycles. The van der Waals surface area contributed by atoms with Crippen molar-refractivity contribution >= 4 is 23.7 Å². The maximum absolute atomic E-state index is 13.3. The largest absolute Gasteiger partial charge is 0.480 e. The first kappa shape index (κ1) is 25.7. The van der Waals surface area contributed by atoms with Crippen molar-refractivity contribution in [3.63, 3.8) is 0 Å². The van der Waals surface area contributed by atoms with Crippen molar-refractivity contribution in [2.24, 2.45) is 5.73 Å². The van der Waals surface area contributed by atoms with Crippen molar-refractivity contribution in [2.75, 3.05) is 6.61 Å². The number of aliphatic hydroxyl groups excluding tert-OH is 1. The molecule has 0 unspecified atom stereocenters. The molecule has 0 fully saturated rings. The summed E-state index contributed by atoms with van der Waals surface area (Å²) in [5.74, 6) is -3.62.